The van der Waals surface area contributed by atoms with Gasteiger partial charge in [0.2, 0.25) is 5.75 Å². The quantitative estimate of drug-likeness (QED) is 0.204. The van der Waals surface area contributed by atoms with Gasteiger partial charge in [0, 0.05) is 30.0 Å². The van der Waals surface area contributed by atoms with Crippen LogP contribution in [0.2, 0.25) is 0 Å². The van der Waals surface area contributed by atoms with Gasteiger partial charge < -0.3 is 0 Å². The van der Waals surface area contributed by atoms with Crippen molar-refractivity contribution >= 4 is 28.1 Å². The number of aliphatic imine (C=N–C) groups is 1. The minimum Gasteiger partial charge on any atom is -0.258 e. The average molecular weight is 347 g/mol. The maximum absolute atomic E-state index is 10.7. The van der Waals surface area contributed by atoms with Crippen molar-refractivity contribution < 1.29 is 4.92 Å². The van der Waals surface area contributed by atoms with Crippen LogP contribution in [0, 0.1) is 10.1 Å². The molecule has 1 aliphatic rings. The van der Waals surface area contributed by atoms with Gasteiger partial charge in [0.25, 0.3) is 10.6 Å². The van der Waals surface area contributed by atoms with Crippen LogP contribution in [0.25, 0.3) is 0 Å². The van der Waals surface area contributed by atoms with Crippen molar-refractivity contribution in [2.45, 2.75) is 5.75 Å². The van der Waals surface area contributed by atoms with Crippen LogP contribution in [-0.4, -0.2) is 16.0 Å². The Morgan fingerprint density at radius 2 is 1.88 bits per heavy atom. The fourth-order valence-corrected chi connectivity index (χ4v) is 3.13. The molecule has 1 aliphatic carbocycles. The van der Waals surface area contributed by atoms with Crippen LogP contribution in [0.4, 0.5) is 5.69 Å². The Balaban J connectivity index is 1.74. The molecule has 2 aromatic carbocycles. The zero-order valence-electron chi connectivity index (χ0n) is 13.3. The summed E-state index contributed by atoms with van der Waals surface area (Å²) in [7, 11) is 0. The van der Waals surface area contributed by atoms with E-state index in [4.69, 9.17) is 0 Å². The Kier molecular flexibility index (Phi) is 5.42. The topological polar surface area (TPSA) is 55.5 Å². The van der Waals surface area contributed by atoms with Crippen LogP contribution < -0.4 is 0 Å². The van der Waals surface area contributed by atoms with Gasteiger partial charge in [-0.2, -0.15) is 0 Å². The number of hydrogen-bond acceptors (Lipinski definition) is 3. The lowest BCUT2D eigenvalue weighted by Gasteiger charge is -1.97. The maximum Gasteiger partial charge on any atom is 0.269 e. The van der Waals surface area contributed by atoms with Gasteiger partial charge in [-0.3, -0.25) is 15.1 Å². The van der Waals surface area contributed by atoms with E-state index in [0.717, 1.165) is 21.9 Å². The van der Waals surface area contributed by atoms with Gasteiger partial charge in [0.15, 0.2) is 11.4 Å². The fraction of sp³-hybridized carbons (Fsp3) is 0.0500. The Bertz CT molecular complexity index is 920. The lowest BCUT2D eigenvalue weighted by molar-refractivity contribution is -0.384. The zero-order valence-corrected chi connectivity index (χ0v) is 14.1. The smallest absolute Gasteiger partial charge is 0.258 e. The number of benzene rings is 2. The van der Waals surface area contributed by atoms with Crippen molar-refractivity contribution in [1.29, 1.82) is 0 Å². The van der Waals surface area contributed by atoms with Crippen LogP contribution in [0.1, 0.15) is 11.1 Å². The Morgan fingerprint density at radius 1 is 1.12 bits per heavy atom. The fourth-order valence-electron chi connectivity index (χ4n) is 2.19. The molecule has 2 aromatic rings. The van der Waals surface area contributed by atoms with Gasteiger partial charge in [-0.05, 0) is 29.8 Å². The number of hydrogen-bond donors (Lipinski definition) is 0. The molecule has 0 spiro atoms. The molecular formula is C20H15N2O2S+. The summed E-state index contributed by atoms with van der Waals surface area (Å²) in [6.45, 7) is 0. The van der Waals surface area contributed by atoms with Crippen molar-refractivity contribution in [2.75, 3.05) is 0 Å². The van der Waals surface area contributed by atoms with Crippen LogP contribution in [-0.2, 0) is 17.1 Å². The highest BCUT2D eigenvalue weighted by Crippen LogP contribution is 2.12. The molecule has 0 amide bonds. The number of nitro groups is 1. The first-order chi connectivity index (χ1) is 12.2. The minimum absolute atomic E-state index is 0.0746. The van der Waals surface area contributed by atoms with Gasteiger partial charge in [-0.15, -0.1) is 5.73 Å². The second kappa shape index (κ2) is 8.11. The molecule has 5 heteroatoms. The van der Waals surface area contributed by atoms with Gasteiger partial charge >= 0.3 is 0 Å². The number of allylic oxidation sites excluding steroid dienone is 2. The van der Waals surface area contributed by atoms with E-state index in [2.05, 4.69) is 22.9 Å². The van der Waals surface area contributed by atoms with Crippen molar-refractivity contribution in [1.82, 2.24) is 0 Å². The minimum atomic E-state index is -0.410. The molecule has 0 bridgehead atoms. The number of nitrogens with zero attached hydrogens (tertiary/aromatic N) is 2. The normalized spacial score (nSPS) is 14.9. The predicted octanol–water partition coefficient (Wildman–Crippen LogP) is 4.08. The Labute approximate surface area is 149 Å². The summed E-state index contributed by atoms with van der Waals surface area (Å²) in [4.78, 5) is 15.9. The maximum atomic E-state index is 10.7. The SMILES string of the molecule is O=[N+]([O-])c1ccc(C=NC2=CC=C=CC2=[S+]Cc2ccccc2)cc1. The highest BCUT2D eigenvalue weighted by atomic mass is 32.1. The Morgan fingerprint density at radius 3 is 2.60 bits per heavy atom. The summed E-state index contributed by atoms with van der Waals surface area (Å²) >= 11 is 1.71. The van der Waals surface area contributed by atoms with Crippen LogP contribution in [0.15, 0.2) is 89.2 Å². The summed E-state index contributed by atoms with van der Waals surface area (Å²) in [5, 5.41) is 10.7. The first-order valence-corrected chi connectivity index (χ1v) is 8.66. The first-order valence-electron chi connectivity index (χ1n) is 7.68. The standard InChI is InChI=1S/C20H15N2O2S/c23-22(24)18-12-10-16(11-13-18)14-21-19-8-4-5-9-20(19)25-15-17-6-2-1-3-7-17/h1-4,6-14H,15H2/q+1. The van der Waals surface area contributed by atoms with Crippen molar-refractivity contribution in [3.63, 3.8) is 0 Å². The van der Waals surface area contributed by atoms with E-state index in [1.54, 1.807) is 29.7 Å². The van der Waals surface area contributed by atoms with Gasteiger partial charge in [-0.1, -0.05) is 30.3 Å². The first kappa shape index (κ1) is 16.7. The van der Waals surface area contributed by atoms with Crippen molar-refractivity contribution in [3.05, 3.63) is 105 Å². The summed E-state index contributed by atoms with van der Waals surface area (Å²) in [6.07, 6.45) is 7.38. The summed E-state index contributed by atoms with van der Waals surface area (Å²) in [6, 6.07) is 16.6. The molecule has 3 rings (SSSR count). The third-order valence-electron chi connectivity index (χ3n) is 3.50. The Hall–Kier alpha value is -3.14. The molecule has 0 saturated heterocycles. The van der Waals surface area contributed by atoms with Crippen molar-refractivity contribution in [2.24, 2.45) is 4.99 Å². The highest BCUT2D eigenvalue weighted by Gasteiger charge is 2.14. The molecule has 0 fully saturated rings. The molecule has 0 aromatic heterocycles. The molecule has 0 saturated carbocycles. The second-order valence-corrected chi connectivity index (χ2v) is 6.29. The molecule has 4 nitrogen and oxygen atoms in total. The third-order valence-corrected chi connectivity index (χ3v) is 4.61. The monoisotopic (exact) mass is 347 g/mol. The lowest BCUT2D eigenvalue weighted by Crippen LogP contribution is -2.02. The third kappa shape index (κ3) is 4.67. The van der Waals surface area contributed by atoms with Crippen molar-refractivity contribution in [3.8, 4) is 0 Å². The molecule has 0 atom stereocenters. The molecule has 0 radical (unpaired) electrons. The number of non-ortho nitro benzene ring substituents is 1. The average Bonchev–Trinajstić information content (AvgIpc) is 2.66. The molecule has 0 N–H and O–H groups in total. The van der Waals surface area contributed by atoms with Crippen LogP contribution >= 0.6 is 0 Å². The van der Waals surface area contributed by atoms with Gasteiger partial charge in [0.1, 0.15) is 5.70 Å². The van der Waals surface area contributed by atoms with E-state index in [-0.39, 0.29) is 5.69 Å². The van der Waals surface area contributed by atoms with Gasteiger partial charge in [-0.25, -0.2) is 0 Å². The molecule has 0 heterocycles. The summed E-state index contributed by atoms with van der Waals surface area (Å²) in [5.74, 6) is 0.860. The number of rotatable bonds is 5. The largest absolute Gasteiger partial charge is 0.269 e. The molecular weight excluding hydrogens is 332 g/mol. The number of nitro benzene ring substituents is 1. The summed E-state index contributed by atoms with van der Waals surface area (Å²) < 4.78 is 0. The van der Waals surface area contributed by atoms with E-state index < -0.39 is 4.92 Å². The zero-order chi connectivity index (χ0) is 17.5. The van der Waals surface area contributed by atoms with E-state index in [1.807, 2.05) is 36.4 Å². The van der Waals surface area contributed by atoms with E-state index in [1.165, 1.54) is 17.7 Å². The van der Waals surface area contributed by atoms with Crippen LogP contribution in [0.5, 0.6) is 0 Å². The van der Waals surface area contributed by atoms with E-state index in [0.29, 0.717) is 0 Å². The molecule has 25 heavy (non-hydrogen) atoms. The molecule has 122 valence electrons. The highest BCUT2D eigenvalue weighted by molar-refractivity contribution is 7.78. The van der Waals surface area contributed by atoms with E-state index in [9.17, 15) is 10.1 Å². The lowest BCUT2D eigenvalue weighted by atomic mass is 10.2. The second-order valence-electron chi connectivity index (χ2n) is 5.27. The van der Waals surface area contributed by atoms with Gasteiger partial charge in [0.05, 0.1) is 4.92 Å². The summed E-state index contributed by atoms with van der Waals surface area (Å²) in [5.41, 5.74) is 6.09. The predicted molar refractivity (Wildman–Crippen MR) is 104 cm³/mol. The van der Waals surface area contributed by atoms with Crippen LogP contribution in [0.3, 0.4) is 0 Å². The molecule has 0 unspecified atom stereocenters. The van der Waals surface area contributed by atoms with E-state index >= 15 is 0 Å². The molecule has 0 aliphatic heterocycles.